The van der Waals surface area contributed by atoms with Crippen LogP contribution < -0.4 is 16.4 Å². The number of amides is 2. The third kappa shape index (κ3) is 4.50. The number of benzene rings is 1. The number of halogens is 1. The van der Waals surface area contributed by atoms with Crippen LogP contribution in [0.3, 0.4) is 0 Å². The van der Waals surface area contributed by atoms with Crippen molar-refractivity contribution in [3.63, 3.8) is 0 Å². The van der Waals surface area contributed by atoms with Crippen LogP contribution in [0.2, 0.25) is 0 Å². The Bertz CT molecular complexity index is 449. The van der Waals surface area contributed by atoms with Crippen LogP contribution in [0, 0.1) is 5.82 Å². The highest BCUT2D eigenvalue weighted by Crippen LogP contribution is 2.19. The average Bonchev–Trinajstić information content (AvgIpc) is 2.30. The Labute approximate surface area is 105 Å². The van der Waals surface area contributed by atoms with Crippen molar-refractivity contribution in [2.45, 2.75) is 19.8 Å². The van der Waals surface area contributed by atoms with Crippen molar-refractivity contribution < 1.29 is 14.0 Å². The molecule has 0 aliphatic carbocycles. The summed E-state index contributed by atoms with van der Waals surface area (Å²) >= 11 is 0. The standard InChI is InChI=1S/C12H16FN3O2/c1-8(17)15-9-4-5-10(13)11(7-9)16-12(18)3-2-6-14/h4-5,7H,2-3,6,14H2,1H3,(H,15,17)(H,16,18). The van der Waals surface area contributed by atoms with Gasteiger partial charge in [-0.15, -0.1) is 0 Å². The summed E-state index contributed by atoms with van der Waals surface area (Å²) in [5, 5.41) is 4.95. The molecule has 98 valence electrons. The molecule has 0 spiro atoms. The molecule has 0 aromatic heterocycles. The average molecular weight is 253 g/mol. The molecule has 0 unspecified atom stereocenters. The lowest BCUT2D eigenvalue weighted by atomic mass is 10.2. The number of nitrogens with two attached hydrogens (primary N) is 1. The third-order valence-corrected chi connectivity index (χ3v) is 2.17. The van der Waals surface area contributed by atoms with Gasteiger partial charge >= 0.3 is 0 Å². The summed E-state index contributed by atoms with van der Waals surface area (Å²) in [6.45, 7) is 1.75. The molecule has 1 rings (SSSR count). The normalized spacial score (nSPS) is 9.94. The first-order valence-corrected chi connectivity index (χ1v) is 5.60. The van der Waals surface area contributed by atoms with Gasteiger partial charge in [0.05, 0.1) is 5.69 Å². The van der Waals surface area contributed by atoms with Gasteiger partial charge in [0.1, 0.15) is 5.82 Å². The Kier molecular flexibility index (Phi) is 5.26. The quantitative estimate of drug-likeness (QED) is 0.742. The van der Waals surface area contributed by atoms with Crippen molar-refractivity contribution in [2.75, 3.05) is 17.2 Å². The van der Waals surface area contributed by atoms with E-state index in [2.05, 4.69) is 10.6 Å². The predicted octanol–water partition coefficient (Wildman–Crippen LogP) is 1.46. The van der Waals surface area contributed by atoms with Crippen molar-refractivity contribution in [2.24, 2.45) is 5.73 Å². The molecule has 0 atom stereocenters. The molecule has 0 fully saturated rings. The Morgan fingerprint density at radius 1 is 1.33 bits per heavy atom. The molecule has 0 aliphatic rings. The van der Waals surface area contributed by atoms with Gasteiger partial charge in [0.2, 0.25) is 11.8 Å². The second-order valence-electron chi connectivity index (χ2n) is 3.82. The summed E-state index contributed by atoms with van der Waals surface area (Å²) in [6.07, 6.45) is 0.777. The molecular weight excluding hydrogens is 237 g/mol. The number of carbonyl (C=O) groups is 2. The predicted molar refractivity (Wildman–Crippen MR) is 67.6 cm³/mol. The van der Waals surface area contributed by atoms with Crippen LogP contribution in [0.5, 0.6) is 0 Å². The molecule has 0 saturated carbocycles. The lowest BCUT2D eigenvalue weighted by Crippen LogP contribution is -2.15. The number of hydrogen-bond donors (Lipinski definition) is 3. The highest BCUT2D eigenvalue weighted by atomic mass is 19.1. The molecule has 5 nitrogen and oxygen atoms in total. The molecule has 18 heavy (non-hydrogen) atoms. The fraction of sp³-hybridized carbons (Fsp3) is 0.333. The van der Waals surface area contributed by atoms with Crippen LogP contribution in [0.25, 0.3) is 0 Å². The zero-order valence-electron chi connectivity index (χ0n) is 10.1. The van der Waals surface area contributed by atoms with Gasteiger partial charge < -0.3 is 16.4 Å². The summed E-state index contributed by atoms with van der Waals surface area (Å²) in [4.78, 5) is 22.3. The van der Waals surface area contributed by atoms with Gasteiger partial charge in [0, 0.05) is 19.0 Å². The van der Waals surface area contributed by atoms with E-state index in [0.717, 1.165) is 0 Å². The van der Waals surface area contributed by atoms with Crippen molar-refractivity contribution in [1.82, 2.24) is 0 Å². The monoisotopic (exact) mass is 253 g/mol. The van der Waals surface area contributed by atoms with Crippen molar-refractivity contribution in [1.29, 1.82) is 0 Å². The zero-order valence-corrected chi connectivity index (χ0v) is 10.1. The number of nitrogens with one attached hydrogen (secondary N) is 2. The zero-order chi connectivity index (χ0) is 13.5. The van der Waals surface area contributed by atoms with E-state index in [1.165, 1.54) is 25.1 Å². The van der Waals surface area contributed by atoms with Crippen LogP contribution in [0.15, 0.2) is 18.2 Å². The van der Waals surface area contributed by atoms with Crippen molar-refractivity contribution in [3.05, 3.63) is 24.0 Å². The third-order valence-electron chi connectivity index (χ3n) is 2.17. The van der Waals surface area contributed by atoms with E-state index in [1.807, 2.05) is 0 Å². The molecular formula is C12H16FN3O2. The molecule has 4 N–H and O–H groups in total. The van der Waals surface area contributed by atoms with Crippen LogP contribution >= 0.6 is 0 Å². The van der Waals surface area contributed by atoms with E-state index < -0.39 is 5.82 Å². The fourth-order valence-electron chi connectivity index (χ4n) is 1.38. The minimum atomic E-state index is -0.551. The minimum Gasteiger partial charge on any atom is -0.330 e. The molecule has 0 bridgehead atoms. The van der Waals surface area contributed by atoms with Crippen LogP contribution in [-0.4, -0.2) is 18.4 Å². The first-order chi connectivity index (χ1) is 8.52. The Morgan fingerprint density at radius 3 is 2.67 bits per heavy atom. The van der Waals surface area contributed by atoms with Gasteiger partial charge in [-0.05, 0) is 31.2 Å². The van der Waals surface area contributed by atoms with Crippen molar-refractivity contribution >= 4 is 23.2 Å². The van der Waals surface area contributed by atoms with Crippen LogP contribution in [-0.2, 0) is 9.59 Å². The van der Waals surface area contributed by atoms with E-state index >= 15 is 0 Å². The molecule has 0 heterocycles. The molecule has 1 aromatic carbocycles. The Morgan fingerprint density at radius 2 is 2.06 bits per heavy atom. The number of anilines is 2. The van der Waals surface area contributed by atoms with E-state index in [0.29, 0.717) is 18.7 Å². The molecule has 0 radical (unpaired) electrons. The van der Waals surface area contributed by atoms with Crippen LogP contribution in [0.1, 0.15) is 19.8 Å². The van der Waals surface area contributed by atoms with Gasteiger partial charge in [0.25, 0.3) is 0 Å². The van der Waals surface area contributed by atoms with E-state index in [1.54, 1.807) is 0 Å². The molecule has 0 saturated heterocycles. The van der Waals surface area contributed by atoms with E-state index in [9.17, 15) is 14.0 Å². The summed E-state index contributed by atoms with van der Waals surface area (Å²) in [5.74, 6) is -1.12. The smallest absolute Gasteiger partial charge is 0.224 e. The number of hydrogen-bond acceptors (Lipinski definition) is 3. The number of rotatable bonds is 5. The first-order valence-electron chi connectivity index (χ1n) is 5.60. The van der Waals surface area contributed by atoms with Crippen molar-refractivity contribution in [3.8, 4) is 0 Å². The van der Waals surface area contributed by atoms with E-state index in [4.69, 9.17) is 5.73 Å². The lowest BCUT2D eigenvalue weighted by molar-refractivity contribution is -0.116. The summed E-state index contributed by atoms with van der Waals surface area (Å²) in [7, 11) is 0. The molecule has 2 amide bonds. The topological polar surface area (TPSA) is 84.2 Å². The maximum absolute atomic E-state index is 13.4. The summed E-state index contributed by atoms with van der Waals surface area (Å²) in [5.41, 5.74) is 5.75. The molecule has 6 heteroatoms. The second kappa shape index (κ2) is 6.70. The Hall–Kier alpha value is -1.95. The maximum Gasteiger partial charge on any atom is 0.224 e. The summed E-state index contributed by atoms with van der Waals surface area (Å²) < 4.78 is 13.4. The van der Waals surface area contributed by atoms with Gasteiger partial charge in [-0.25, -0.2) is 4.39 Å². The summed E-state index contributed by atoms with van der Waals surface area (Å²) in [6, 6.07) is 3.98. The molecule has 1 aromatic rings. The molecule has 0 aliphatic heterocycles. The van der Waals surface area contributed by atoms with Gasteiger partial charge in [-0.2, -0.15) is 0 Å². The highest BCUT2D eigenvalue weighted by molar-refractivity contribution is 5.93. The fourth-order valence-corrected chi connectivity index (χ4v) is 1.38. The Balaban J connectivity index is 2.74. The second-order valence-corrected chi connectivity index (χ2v) is 3.82. The van der Waals surface area contributed by atoms with Gasteiger partial charge in [-0.3, -0.25) is 9.59 Å². The first kappa shape index (κ1) is 14.1. The van der Waals surface area contributed by atoms with E-state index in [-0.39, 0.29) is 23.9 Å². The van der Waals surface area contributed by atoms with Gasteiger partial charge in [-0.1, -0.05) is 0 Å². The van der Waals surface area contributed by atoms with Gasteiger partial charge in [0.15, 0.2) is 0 Å². The minimum absolute atomic E-state index is 0.0447. The lowest BCUT2D eigenvalue weighted by Gasteiger charge is -2.08. The maximum atomic E-state index is 13.4. The number of carbonyl (C=O) groups excluding carboxylic acids is 2. The SMILES string of the molecule is CC(=O)Nc1ccc(F)c(NC(=O)CCCN)c1. The highest BCUT2D eigenvalue weighted by Gasteiger charge is 2.08. The largest absolute Gasteiger partial charge is 0.330 e. The van der Waals surface area contributed by atoms with Crippen LogP contribution in [0.4, 0.5) is 15.8 Å².